The Hall–Kier alpha value is -2.19. The zero-order chi connectivity index (χ0) is 20.8. The Balaban J connectivity index is 2.60. The summed E-state index contributed by atoms with van der Waals surface area (Å²) in [6.07, 6.45) is 2.18. The van der Waals surface area contributed by atoms with Crippen molar-refractivity contribution in [1.29, 1.82) is 0 Å². The van der Waals surface area contributed by atoms with Gasteiger partial charge >= 0.3 is 0 Å². The Kier molecular flexibility index (Phi) is 11.8. The van der Waals surface area contributed by atoms with Gasteiger partial charge in [-0.05, 0) is 45.0 Å². The quantitative estimate of drug-likeness (QED) is 0.176. The first-order valence-corrected chi connectivity index (χ1v) is 9.99. The van der Waals surface area contributed by atoms with Gasteiger partial charge in [0.15, 0.2) is 5.96 Å². The number of aliphatic imine (C=N–C) groups is 1. The van der Waals surface area contributed by atoms with Crippen LogP contribution in [0.2, 0.25) is 0 Å². The van der Waals surface area contributed by atoms with E-state index in [1.807, 2.05) is 0 Å². The van der Waals surface area contributed by atoms with E-state index < -0.39 is 4.92 Å². The van der Waals surface area contributed by atoms with Crippen LogP contribution < -0.4 is 10.6 Å². The second-order valence-electron chi connectivity index (χ2n) is 6.72. The lowest BCUT2D eigenvalue weighted by molar-refractivity contribution is -0.384. The molecule has 0 aliphatic heterocycles. The number of benzene rings is 1. The van der Waals surface area contributed by atoms with Crippen LogP contribution in [0.4, 0.5) is 5.69 Å². The highest BCUT2D eigenvalue weighted by molar-refractivity contribution is 5.80. The van der Waals surface area contributed by atoms with E-state index in [4.69, 9.17) is 4.74 Å². The number of ether oxygens (including phenoxy) is 1. The first kappa shape index (κ1) is 23.8. The van der Waals surface area contributed by atoms with Gasteiger partial charge < -0.3 is 20.3 Å². The lowest BCUT2D eigenvalue weighted by Gasteiger charge is -2.21. The van der Waals surface area contributed by atoms with E-state index in [9.17, 15) is 10.1 Å². The maximum atomic E-state index is 10.8. The maximum Gasteiger partial charge on any atom is 0.269 e. The van der Waals surface area contributed by atoms with E-state index in [1.165, 1.54) is 12.1 Å². The average molecular weight is 394 g/mol. The second kappa shape index (κ2) is 13.9. The minimum Gasteiger partial charge on any atom is -0.383 e. The van der Waals surface area contributed by atoms with Crippen molar-refractivity contribution in [3.63, 3.8) is 0 Å². The summed E-state index contributed by atoms with van der Waals surface area (Å²) in [6.45, 7) is 11.5. The number of hydrogen-bond donors (Lipinski definition) is 2. The lowest BCUT2D eigenvalue weighted by atomic mass is 10.2. The molecule has 1 aromatic rings. The van der Waals surface area contributed by atoms with Crippen LogP contribution in [-0.2, 0) is 11.3 Å². The molecule has 0 aliphatic rings. The Morgan fingerprint density at radius 3 is 2.54 bits per heavy atom. The van der Waals surface area contributed by atoms with Crippen molar-refractivity contribution in [1.82, 2.24) is 15.5 Å². The number of nitro benzene ring substituents is 1. The molecule has 1 aromatic carbocycles. The number of non-ortho nitro benzene ring substituents is 1. The summed E-state index contributed by atoms with van der Waals surface area (Å²) in [5.41, 5.74) is 1.01. The van der Waals surface area contributed by atoms with Gasteiger partial charge in [-0.2, -0.15) is 0 Å². The minimum atomic E-state index is -0.397. The van der Waals surface area contributed by atoms with Crippen molar-refractivity contribution >= 4 is 11.6 Å². The molecule has 2 N–H and O–H groups in total. The number of rotatable bonds is 13. The third-order valence-electron chi connectivity index (χ3n) is 4.55. The first-order chi connectivity index (χ1) is 13.5. The molecule has 0 saturated carbocycles. The van der Waals surface area contributed by atoms with Crippen LogP contribution >= 0.6 is 0 Å². The fraction of sp³-hybridized carbons (Fsp3) is 0.650. The molecule has 0 heterocycles. The molecule has 1 atom stereocenters. The summed E-state index contributed by atoms with van der Waals surface area (Å²) < 4.78 is 5.10. The summed E-state index contributed by atoms with van der Waals surface area (Å²) in [5, 5.41) is 17.5. The summed E-state index contributed by atoms with van der Waals surface area (Å²) >= 11 is 0. The van der Waals surface area contributed by atoms with Crippen LogP contribution in [0.3, 0.4) is 0 Å². The summed E-state index contributed by atoms with van der Waals surface area (Å²) in [7, 11) is 1.67. The van der Waals surface area contributed by atoms with Gasteiger partial charge in [0.05, 0.1) is 18.1 Å². The highest BCUT2D eigenvalue weighted by Gasteiger charge is 2.08. The SMILES string of the molecule is CCN(CC)CCCC(C)NC(=NCc1ccc([N+](=O)[O-])cc1)NCCOC. The molecular formula is C20H35N5O3. The van der Waals surface area contributed by atoms with E-state index in [0.717, 1.165) is 44.0 Å². The zero-order valence-electron chi connectivity index (χ0n) is 17.6. The van der Waals surface area contributed by atoms with Crippen molar-refractivity contribution in [2.24, 2.45) is 4.99 Å². The monoisotopic (exact) mass is 393 g/mol. The van der Waals surface area contributed by atoms with Gasteiger partial charge in [0.25, 0.3) is 5.69 Å². The predicted octanol–water partition coefficient (Wildman–Crippen LogP) is 2.79. The van der Waals surface area contributed by atoms with Gasteiger partial charge in [-0.15, -0.1) is 0 Å². The third-order valence-corrected chi connectivity index (χ3v) is 4.55. The lowest BCUT2D eigenvalue weighted by Crippen LogP contribution is -2.43. The normalized spacial score (nSPS) is 12.8. The molecule has 0 bridgehead atoms. The molecule has 8 heteroatoms. The van der Waals surface area contributed by atoms with E-state index >= 15 is 0 Å². The molecule has 1 rings (SSSR count). The first-order valence-electron chi connectivity index (χ1n) is 9.99. The van der Waals surface area contributed by atoms with Gasteiger partial charge in [0.1, 0.15) is 0 Å². The predicted molar refractivity (Wildman–Crippen MR) is 114 cm³/mol. The zero-order valence-corrected chi connectivity index (χ0v) is 17.6. The van der Waals surface area contributed by atoms with E-state index in [1.54, 1.807) is 19.2 Å². The molecule has 158 valence electrons. The molecule has 8 nitrogen and oxygen atoms in total. The molecular weight excluding hydrogens is 358 g/mol. The van der Waals surface area contributed by atoms with E-state index in [2.05, 4.69) is 41.3 Å². The summed E-state index contributed by atoms with van der Waals surface area (Å²) in [6, 6.07) is 6.78. The fourth-order valence-corrected chi connectivity index (χ4v) is 2.78. The molecule has 1 unspecified atom stereocenters. The second-order valence-corrected chi connectivity index (χ2v) is 6.72. The number of nitrogens with zero attached hydrogens (tertiary/aromatic N) is 3. The van der Waals surface area contributed by atoms with Crippen LogP contribution in [0.25, 0.3) is 0 Å². The van der Waals surface area contributed by atoms with Crippen LogP contribution in [0.15, 0.2) is 29.3 Å². The molecule has 0 fully saturated rings. The largest absolute Gasteiger partial charge is 0.383 e. The number of nitro groups is 1. The molecule has 28 heavy (non-hydrogen) atoms. The molecule has 0 radical (unpaired) electrons. The number of guanidine groups is 1. The molecule has 0 spiro atoms. The van der Waals surface area contributed by atoms with E-state index in [-0.39, 0.29) is 5.69 Å². The Labute approximate surface area is 168 Å². The van der Waals surface area contributed by atoms with Crippen molar-refractivity contribution in [3.05, 3.63) is 39.9 Å². The fourth-order valence-electron chi connectivity index (χ4n) is 2.78. The van der Waals surface area contributed by atoms with Gasteiger partial charge in [0.2, 0.25) is 0 Å². The van der Waals surface area contributed by atoms with Crippen molar-refractivity contribution < 1.29 is 9.66 Å². The van der Waals surface area contributed by atoms with Crippen LogP contribution in [0.5, 0.6) is 0 Å². The summed E-state index contributed by atoms with van der Waals surface area (Å²) in [4.78, 5) is 17.4. The number of hydrogen-bond acceptors (Lipinski definition) is 5. The highest BCUT2D eigenvalue weighted by atomic mass is 16.6. The average Bonchev–Trinajstić information content (AvgIpc) is 2.69. The van der Waals surface area contributed by atoms with Gasteiger partial charge in [-0.3, -0.25) is 10.1 Å². The molecule has 0 aliphatic carbocycles. The maximum absolute atomic E-state index is 10.8. The number of nitrogens with one attached hydrogen (secondary N) is 2. The Morgan fingerprint density at radius 2 is 1.96 bits per heavy atom. The van der Waals surface area contributed by atoms with Crippen molar-refractivity contribution in [2.45, 2.75) is 46.2 Å². The van der Waals surface area contributed by atoms with Crippen LogP contribution in [0.1, 0.15) is 39.2 Å². The minimum absolute atomic E-state index is 0.0890. The van der Waals surface area contributed by atoms with Gasteiger partial charge in [0, 0.05) is 31.8 Å². The van der Waals surface area contributed by atoms with Crippen molar-refractivity contribution in [3.8, 4) is 0 Å². The number of methoxy groups -OCH3 is 1. The van der Waals surface area contributed by atoms with Crippen LogP contribution in [-0.4, -0.2) is 61.7 Å². The van der Waals surface area contributed by atoms with Gasteiger partial charge in [-0.25, -0.2) is 4.99 Å². The Morgan fingerprint density at radius 1 is 1.29 bits per heavy atom. The van der Waals surface area contributed by atoms with Crippen LogP contribution in [0, 0.1) is 10.1 Å². The smallest absolute Gasteiger partial charge is 0.269 e. The molecule has 0 saturated heterocycles. The summed E-state index contributed by atoms with van der Waals surface area (Å²) in [5.74, 6) is 0.728. The molecule has 0 amide bonds. The third kappa shape index (κ3) is 9.66. The topological polar surface area (TPSA) is 92.0 Å². The standard InChI is InChI=1S/C20H35N5O3/c1-5-24(6-2)14-7-8-17(3)23-20(21-13-15-28-4)22-16-18-9-11-19(12-10-18)25(26)27/h9-12,17H,5-8,13-16H2,1-4H3,(H2,21,22,23). The Bertz CT molecular complexity index is 588. The highest BCUT2D eigenvalue weighted by Crippen LogP contribution is 2.12. The molecule has 0 aromatic heterocycles. The van der Waals surface area contributed by atoms with Crippen molar-refractivity contribution in [2.75, 3.05) is 39.9 Å². The van der Waals surface area contributed by atoms with Gasteiger partial charge in [-0.1, -0.05) is 26.0 Å². The van der Waals surface area contributed by atoms with E-state index in [0.29, 0.717) is 25.7 Å².